The Labute approximate surface area is 207 Å². The number of fused-ring (bicyclic) bond motifs is 6. The number of carbonyl (C=O) groups is 1. The molecule has 0 atom stereocenters. The molecule has 0 aliphatic carbocycles. The Morgan fingerprint density at radius 3 is 2.20 bits per heavy atom. The number of phenols is 2. The zero-order valence-corrected chi connectivity index (χ0v) is 20.0. The lowest BCUT2D eigenvalue weighted by molar-refractivity contribution is 0.0224. The van der Waals surface area contributed by atoms with Gasteiger partial charge in [0.2, 0.25) is 0 Å². The zero-order valence-electron chi connectivity index (χ0n) is 19.2. The number of benzene rings is 3. The molecular formula is C26H25N3O5S. The van der Waals surface area contributed by atoms with Crippen molar-refractivity contribution in [2.24, 2.45) is 0 Å². The molecule has 9 heteroatoms. The largest absolute Gasteiger partial charge is 0.508 e. The summed E-state index contributed by atoms with van der Waals surface area (Å²) >= 11 is 5.39. The topological polar surface area (TPSA) is 112 Å². The van der Waals surface area contributed by atoms with Gasteiger partial charge in [-0.25, -0.2) is 4.79 Å². The third kappa shape index (κ3) is 4.02. The number of thiocarbonyl (C=S) groups is 1. The first-order valence-electron chi connectivity index (χ1n) is 11.3. The molecule has 0 radical (unpaired) electrons. The van der Waals surface area contributed by atoms with Gasteiger partial charge in [0.25, 0.3) is 0 Å². The molecule has 0 fully saturated rings. The number of hydrogen-bond acceptors (Lipinski definition) is 7. The van der Waals surface area contributed by atoms with Gasteiger partial charge in [0.05, 0.1) is 5.56 Å². The van der Waals surface area contributed by atoms with Gasteiger partial charge in [0.15, 0.2) is 10.7 Å². The molecule has 0 aromatic heterocycles. The minimum Gasteiger partial charge on any atom is -0.508 e. The van der Waals surface area contributed by atoms with Crippen LogP contribution in [0, 0.1) is 0 Å². The zero-order chi connectivity index (χ0) is 24.7. The lowest BCUT2D eigenvalue weighted by Crippen LogP contribution is -2.36. The standard InChI is InChI=1S/C26H25N3O5S/c1-14(2)27-9-10-28-25(35)29-15-3-6-19-18(11-15)24(32)34-26(19)20-7-4-16(30)12-22(20)33-23-13-17(31)5-8-21(23)26/h3-8,11-14,27,30-31H,9-10H2,1-2H3,(H2,28,29,35). The Hall–Kier alpha value is -3.82. The summed E-state index contributed by atoms with van der Waals surface area (Å²) < 4.78 is 12.0. The van der Waals surface area contributed by atoms with E-state index in [9.17, 15) is 15.0 Å². The van der Waals surface area contributed by atoms with Crippen LogP contribution in [0.1, 0.15) is 40.9 Å². The summed E-state index contributed by atoms with van der Waals surface area (Å²) in [6, 6.07) is 15.1. The van der Waals surface area contributed by atoms with Gasteiger partial charge in [-0.2, -0.15) is 0 Å². The van der Waals surface area contributed by atoms with Gasteiger partial charge in [0, 0.05) is 53.6 Å². The van der Waals surface area contributed by atoms with Crippen LogP contribution in [0.4, 0.5) is 5.69 Å². The maximum absolute atomic E-state index is 13.2. The van der Waals surface area contributed by atoms with Crippen molar-refractivity contribution in [1.82, 2.24) is 10.6 Å². The van der Waals surface area contributed by atoms with Gasteiger partial charge in [-0.1, -0.05) is 19.9 Å². The summed E-state index contributed by atoms with van der Waals surface area (Å²) in [5.41, 5.74) is 1.55. The molecule has 0 saturated heterocycles. The van der Waals surface area contributed by atoms with Crippen molar-refractivity contribution in [3.63, 3.8) is 0 Å². The van der Waals surface area contributed by atoms with Gasteiger partial charge in [-0.05, 0) is 48.6 Å². The molecule has 0 bridgehead atoms. The molecule has 0 amide bonds. The molecule has 5 rings (SSSR count). The Morgan fingerprint density at radius 2 is 1.57 bits per heavy atom. The SMILES string of the molecule is CC(C)NCCNC(=S)Nc1ccc2c(c1)C(=O)OC21c2ccc(O)cc2Oc2cc(O)ccc21. The molecule has 2 aliphatic heterocycles. The fourth-order valence-corrected chi connectivity index (χ4v) is 4.72. The Morgan fingerprint density at radius 1 is 0.943 bits per heavy atom. The number of hydrogen-bond donors (Lipinski definition) is 5. The highest BCUT2D eigenvalue weighted by atomic mass is 32.1. The molecule has 0 saturated carbocycles. The minimum atomic E-state index is -1.28. The highest BCUT2D eigenvalue weighted by molar-refractivity contribution is 7.80. The third-order valence-electron chi connectivity index (χ3n) is 5.99. The van der Waals surface area contributed by atoms with Crippen molar-refractivity contribution in [3.05, 3.63) is 76.9 Å². The highest BCUT2D eigenvalue weighted by Gasteiger charge is 2.53. The fraction of sp³-hybridized carbons (Fsp3) is 0.231. The molecule has 180 valence electrons. The number of phenolic OH excluding ortho intramolecular Hbond substituents is 2. The molecular weight excluding hydrogens is 466 g/mol. The first-order chi connectivity index (χ1) is 16.8. The number of esters is 1. The normalized spacial score (nSPS) is 14.5. The van der Waals surface area contributed by atoms with Crippen LogP contribution in [-0.4, -0.2) is 40.4 Å². The summed E-state index contributed by atoms with van der Waals surface area (Å²) in [7, 11) is 0. The van der Waals surface area contributed by atoms with Crippen molar-refractivity contribution < 1.29 is 24.5 Å². The molecule has 2 heterocycles. The summed E-state index contributed by atoms with van der Waals surface area (Å²) in [5.74, 6) is 0.202. The van der Waals surface area contributed by atoms with E-state index in [2.05, 4.69) is 29.8 Å². The summed E-state index contributed by atoms with van der Waals surface area (Å²) in [4.78, 5) is 13.2. The molecule has 35 heavy (non-hydrogen) atoms. The quantitative estimate of drug-likeness (QED) is 0.206. The number of nitrogens with one attached hydrogen (secondary N) is 3. The van der Waals surface area contributed by atoms with E-state index in [4.69, 9.17) is 21.7 Å². The van der Waals surface area contributed by atoms with E-state index in [0.717, 1.165) is 6.54 Å². The van der Waals surface area contributed by atoms with Crippen molar-refractivity contribution in [2.45, 2.75) is 25.5 Å². The third-order valence-corrected chi connectivity index (χ3v) is 6.24. The van der Waals surface area contributed by atoms with Gasteiger partial charge in [-0.15, -0.1) is 0 Å². The van der Waals surface area contributed by atoms with E-state index in [1.165, 1.54) is 24.3 Å². The van der Waals surface area contributed by atoms with Crippen LogP contribution in [0.3, 0.4) is 0 Å². The lowest BCUT2D eigenvalue weighted by atomic mass is 9.77. The van der Waals surface area contributed by atoms with E-state index in [1.807, 2.05) is 12.1 Å². The van der Waals surface area contributed by atoms with E-state index in [1.54, 1.807) is 18.2 Å². The molecule has 0 unspecified atom stereocenters. The van der Waals surface area contributed by atoms with E-state index < -0.39 is 11.6 Å². The Kier molecular flexibility index (Phi) is 5.74. The fourth-order valence-electron chi connectivity index (χ4n) is 4.50. The van der Waals surface area contributed by atoms with Gasteiger partial charge in [-0.3, -0.25) is 0 Å². The van der Waals surface area contributed by atoms with Crippen LogP contribution in [0.25, 0.3) is 0 Å². The lowest BCUT2D eigenvalue weighted by Gasteiger charge is -2.36. The van der Waals surface area contributed by atoms with Crippen molar-refractivity contribution in [2.75, 3.05) is 18.4 Å². The molecule has 2 aliphatic rings. The summed E-state index contributed by atoms with van der Waals surface area (Å²) in [5, 5.41) is 30.1. The van der Waals surface area contributed by atoms with Gasteiger partial charge in [0.1, 0.15) is 23.0 Å². The number of ether oxygens (including phenoxy) is 2. The number of rotatable bonds is 5. The molecule has 8 nitrogen and oxygen atoms in total. The number of aromatic hydroxyl groups is 2. The first kappa shape index (κ1) is 22.9. The maximum Gasteiger partial charge on any atom is 0.340 e. The molecule has 5 N–H and O–H groups in total. The van der Waals surface area contributed by atoms with Crippen molar-refractivity contribution in [1.29, 1.82) is 0 Å². The van der Waals surface area contributed by atoms with Crippen molar-refractivity contribution >= 4 is 29.0 Å². The second-order valence-electron chi connectivity index (χ2n) is 8.78. The molecule has 3 aromatic rings. The maximum atomic E-state index is 13.2. The summed E-state index contributed by atoms with van der Waals surface area (Å²) in [6.45, 7) is 5.58. The smallest absolute Gasteiger partial charge is 0.340 e. The predicted octanol–water partition coefficient (Wildman–Crippen LogP) is 3.95. The van der Waals surface area contributed by atoms with Crippen molar-refractivity contribution in [3.8, 4) is 23.0 Å². The highest BCUT2D eigenvalue weighted by Crippen LogP contribution is 2.57. The van der Waals surface area contributed by atoms with Gasteiger partial charge < -0.3 is 35.6 Å². The van der Waals surface area contributed by atoms with Crippen LogP contribution in [0.5, 0.6) is 23.0 Å². The molecule has 3 aromatic carbocycles. The van der Waals surface area contributed by atoms with Crippen LogP contribution >= 0.6 is 12.2 Å². The monoisotopic (exact) mass is 491 g/mol. The Bertz CT molecular complexity index is 1290. The average Bonchev–Trinajstić information content (AvgIpc) is 3.08. The number of carbonyl (C=O) groups excluding carboxylic acids is 1. The molecule has 1 spiro atoms. The average molecular weight is 492 g/mol. The van der Waals surface area contributed by atoms with Gasteiger partial charge >= 0.3 is 5.97 Å². The van der Waals surface area contributed by atoms with E-state index >= 15 is 0 Å². The second kappa shape index (κ2) is 8.75. The van der Waals surface area contributed by atoms with Crippen LogP contribution in [-0.2, 0) is 10.3 Å². The van der Waals surface area contributed by atoms with E-state index in [0.29, 0.717) is 57.1 Å². The summed E-state index contributed by atoms with van der Waals surface area (Å²) in [6.07, 6.45) is 0. The first-order valence-corrected chi connectivity index (χ1v) is 11.7. The predicted molar refractivity (Wildman–Crippen MR) is 135 cm³/mol. The Balaban J connectivity index is 1.51. The number of anilines is 1. The second-order valence-corrected chi connectivity index (χ2v) is 9.19. The van der Waals surface area contributed by atoms with Crippen LogP contribution in [0.2, 0.25) is 0 Å². The van der Waals surface area contributed by atoms with Crippen LogP contribution in [0.15, 0.2) is 54.6 Å². The van der Waals surface area contributed by atoms with Crippen LogP contribution < -0.4 is 20.7 Å². The van der Waals surface area contributed by atoms with E-state index in [-0.39, 0.29) is 11.5 Å². The minimum absolute atomic E-state index is 0.0104.